The molecule has 168 valence electrons. The van der Waals surface area contributed by atoms with Gasteiger partial charge in [-0.3, -0.25) is 0 Å². The highest BCUT2D eigenvalue weighted by atomic mass is 16.5. The van der Waals surface area contributed by atoms with Crippen LogP contribution in [0.2, 0.25) is 0 Å². The van der Waals surface area contributed by atoms with E-state index in [4.69, 9.17) is 15.5 Å². The minimum Gasteiger partial charge on any atom is -0.384 e. The van der Waals surface area contributed by atoms with Gasteiger partial charge < -0.3 is 30.4 Å². The summed E-state index contributed by atoms with van der Waals surface area (Å²) in [5.74, 6) is 1.10. The van der Waals surface area contributed by atoms with Crippen LogP contribution < -0.4 is 16.0 Å². The van der Waals surface area contributed by atoms with Crippen LogP contribution in [0.15, 0.2) is 54.9 Å². The molecule has 8 nitrogen and oxygen atoms in total. The summed E-state index contributed by atoms with van der Waals surface area (Å²) < 4.78 is 5.45. The zero-order valence-corrected chi connectivity index (χ0v) is 18.4. The van der Waals surface area contributed by atoms with Gasteiger partial charge in [-0.2, -0.15) is 0 Å². The number of carbonyl (C=O) groups excluding carboxylic acids is 1. The molecule has 0 amide bonds. The SMILES string of the molecule is CN1C=Cc2cc(-c3ccc(N)nc3)nc(Nc3ccc(N4CCOCC4)cc3)c2C1C=O. The molecule has 0 saturated carbocycles. The second kappa shape index (κ2) is 8.91. The average molecular weight is 443 g/mol. The Balaban J connectivity index is 1.52. The fourth-order valence-corrected chi connectivity index (χ4v) is 4.20. The summed E-state index contributed by atoms with van der Waals surface area (Å²) in [5.41, 5.74) is 11.2. The van der Waals surface area contributed by atoms with Gasteiger partial charge in [0.2, 0.25) is 0 Å². The number of aldehydes is 1. The summed E-state index contributed by atoms with van der Waals surface area (Å²) in [4.78, 5) is 25.3. The van der Waals surface area contributed by atoms with E-state index >= 15 is 0 Å². The molecule has 0 aliphatic carbocycles. The van der Waals surface area contributed by atoms with Gasteiger partial charge >= 0.3 is 0 Å². The van der Waals surface area contributed by atoms with Crippen LogP contribution in [0.1, 0.15) is 17.2 Å². The Morgan fingerprint density at radius 1 is 1.15 bits per heavy atom. The number of nitrogen functional groups attached to an aromatic ring is 1. The molecule has 2 aliphatic heterocycles. The minimum atomic E-state index is -0.425. The van der Waals surface area contributed by atoms with Crippen molar-refractivity contribution in [3.05, 3.63) is 66.0 Å². The molecule has 3 aromatic rings. The number of morpholine rings is 1. The standard InChI is InChI=1S/C25H26N6O2/c1-30-9-8-17-14-21(18-2-7-23(26)27-15-18)29-25(24(17)22(30)16-32)28-19-3-5-20(6-4-19)31-10-12-33-13-11-31/h2-9,14-16,22H,10-13H2,1H3,(H2,26,27)(H,28,29). The molecule has 1 atom stereocenters. The summed E-state index contributed by atoms with van der Waals surface area (Å²) in [6.07, 6.45) is 6.56. The molecule has 0 bridgehead atoms. The minimum absolute atomic E-state index is 0.425. The Morgan fingerprint density at radius 2 is 1.94 bits per heavy atom. The summed E-state index contributed by atoms with van der Waals surface area (Å²) in [5, 5.41) is 3.45. The van der Waals surface area contributed by atoms with Gasteiger partial charge in [-0.15, -0.1) is 0 Å². The molecule has 1 aromatic carbocycles. The van der Waals surface area contributed by atoms with E-state index in [2.05, 4.69) is 27.3 Å². The summed E-state index contributed by atoms with van der Waals surface area (Å²) in [7, 11) is 1.89. The third-order valence-corrected chi connectivity index (χ3v) is 6.03. The van der Waals surface area contributed by atoms with Gasteiger partial charge in [0.25, 0.3) is 0 Å². The van der Waals surface area contributed by atoms with E-state index in [-0.39, 0.29) is 0 Å². The number of nitrogens with two attached hydrogens (primary N) is 1. The van der Waals surface area contributed by atoms with Gasteiger partial charge in [0.1, 0.15) is 24.0 Å². The molecule has 0 radical (unpaired) electrons. The predicted octanol–water partition coefficient (Wildman–Crippen LogP) is 3.46. The van der Waals surface area contributed by atoms with Crippen molar-refractivity contribution in [2.24, 2.45) is 0 Å². The average Bonchev–Trinajstić information content (AvgIpc) is 2.85. The number of aromatic nitrogens is 2. The first-order valence-electron chi connectivity index (χ1n) is 10.9. The monoisotopic (exact) mass is 442 g/mol. The van der Waals surface area contributed by atoms with Gasteiger partial charge in [0, 0.05) is 55.0 Å². The zero-order valence-electron chi connectivity index (χ0n) is 18.4. The first-order chi connectivity index (χ1) is 16.1. The number of hydrogen-bond donors (Lipinski definition) is 2. The molecule has 4 heterocycles. The number of nitrogens with zero attached hydrogens (tertiary/aromatic N) is 4. The van der Waals surface area contributed by atoms with Crippen molar-refractivity contribution in [2.45, 2.75) is 6.04 Å². The first-order valence-corrected chi connectivity index (χ1v) is 10.9. The van der Waals surface area contributed by atoms with Gasteiger partial charge in [0.15, 0.2) is 0 Å². The quantitative estimate of drug-likeness (QED) is 0.580. The lowest BCUT2D eigenvalue weighted by Crippen LogP contribution is -2.36. The van der Waals surface area contributed by atoms with Crippen LogP contribution in [0.5, 0.6) is 0 Å². The van der Waals surface area contributed by atoms with Crippen molar-refractivity contribution in [1.29, 1.82) is 0 Å². The second-order valence-electron chi connectivity index (χ2n) is 8.16. The number of likely N-dealkylation sites (N-methyl/N-ethyl adjacent to an activating group) is 1. The number of anilines is 4. The van der Waals surface area contributed by atoms with Crippen molar-refractivity contribution in [1.82, 2.24) is 14.9 Å². The normalized spacial score (nSPS) is 17.5. The van der Waals surface area contributed by atoms with Crippen LogP contribution in [0.25, 0.3) is 17.3 Å². The molecule has 1 unspecified atom stereocenters. The summed E-state index contributed by atoms with van der Waals surface area (Å²) >= 11 is 0. The van der Waals surface area contributed by atoms with Gasteiger partial charge in [-0.25, -0.2) is 9.97 Å². The van der Waals surface area contributed by atoms with Crippen LogP contribution in [-0.4, -0.2) is 54.5 Å². The maximum Gasteiger partial charge on any atom is 0.147 e. The Bertz CT molecular complexity index is 1170. The van der Waals surface area contributed by atoms with Crippen molar-refractivity contribution >= 4 is 35.4 Å². The number of ether oxygens (including phenoxy) is 1. The molecule has 2 aliphatic rings. The molecular formula is C25H26N6O2. The lowest BCUT2D eigenvalue weighted by Gasteiger charge is -2.30. The Morgan fingerprint density at radius 3 is 2.64 bits per heavy atom. The second-order valence-corrected chi connectivity index (χ2v) is 8.16. The summed E-state index contributed by atoms with van der Waals surface area (Å²) in [6, 6.07) is 13.5. The molecule has 0 spiro atoms. The summed E-state index contributed by atoms with van der Waals surface area (Å²) in [6.45, 7) is 3.27. The third kappa shape index (κ3) is 4.25. The first kappa shape index (κ1) is 21.0. The molecule has 5 rings (SSSR count). The van der Waals surface area contributed by atoms with E-state index in [9.17, 15) is 4.79 Å². The molecule has 1 fully saturated rings. The molecule has 33 heavy (non-hydrogen) atoms. The topological polar surface area (TPSA) is 96.6 Å². The lowest BCUT2D eigenvalue weighted by atomic mass is 9.96. The number of fused-ring (bicyclic) bond motifs is 1. The fraction of sp³-hybridized carbons (Fsp3) is 0.240. The lowest BCUT2D eigenvalue weighted by molar-refractivity contribution is -0.111. The van der Waals surface area contributed by atoms with Gasteiger partial charge in [-0.1, -0.05) is 0 Å². The number of carbonyl (C=O) groups is 1. The highest BCUT2D eigenvalue weighted by Gasteiger charge is 2.26. The van der Waals surface area contributed by atoms with Crippen LogP contribution in [0.3, 0.4) is 0 Å². The van der Waals surface area contributed by atoms with Gasteiger partial charge in [-0.05, 0) is 54.1 Å². The van der Waals surface area contributed by atoms with Crippen molar-refractivity contribution < 1.29 is 9.53 Å². The van der Waals surface area contributed by atoms with E-state index in [1.165, 1.54) is 0 Å². The van der Waals surface area contributed by atoms with E-state index < -0.39 is 6.04 Å². The highest BCUT2D eigenvalue weighted by Crippen LogP contribution is 2.37. The molecular weight excluding hydrogens is 416 g/mol. The maximum absolute atomic E-state index is 12.0. The number of rotatable bonds is 5. The highest BCUT2D eigenvalue weighted by molar-refractivity contribution is 5.80. The van der Waals surface area contributed by atoms with Gasteiger partial charge in [0.05, 0.1) is 18.9 Å². The van der Waals surface area contributed by atoms with Crippen LogP contribution >= 0.6 is 0 Å². The molecule has 2 aromatic heterocycles. The smallest absolute Gasteiger partial charge is 0.147 e. The number of hydrogen-bond acceptors (Lipinski definition) is 8. The van der Waals surface area contributed by atoms with Crippen molar-refractivity contribution in [3.8, 4) is 11.3 Å². The Hall–Kier alpha value is -3.91. The van der Waals surface area contributed by atoms with Crippen LogP contribution in [0.4, 0.5) is 23.0 Å². The van der Waals surface area contributed by atoms with E-state index in [0.29, 0.717) is 11.6 Å². The van der Waals surface area contributed by atoms with Crippen LogP contribution in [0, 0.1) is 0 Å². The predicted molar refractivity (Wildman–Crippen MR) is 130 cm³/mol. The number of nitrogens with one attached hydrogen (secondary N) is 1. The molecule has 8 heteroatoms. The van der Waals surface area contributed by atoms with Crippen LogP contribution in [-0.2, 0) is 9.53 Å². The third-order valence-electron chi connectivity index (χ3n) is 6.03. The Kier molecular flexibility index (Phi) is 5.66. The Labute approximate surface area is 192 Å². The zero-order chi connectivity index (χ0) is 22.8. The van der Waals surface area contributed by atoms with E-state index in [0.717, 1.165) is 66.3 Å². The molecule has 1 saturated heterocycles. The fourth-order valence-electron chi connectivity index (χ4n) is 4.20. The molecule has 3 N–H and O–H groups in total. The van der Waals surface area contributed by atoms with E-state index in [1.54, 1.807) is 12.3 Å². The maximum atomic E-state index is 12.0. The van der Waals surface area contributed by atoms with E-state index in [1.807, 2.05) is 48.5 Å². The number of benzene rings is 1. The number of pyridine rings is 2. The largest absolute Gasteiger partial charge is 0.384 e. The van der Waals surface area contributed by atoms with Crippen molar-refractivity contribution in [2.75, 3.05) is 49.3 Å². The van der Waals surface area contributed by atoms with Crippen molar-refractivity contribution in [3.63, 3.8) is 0 Å².